The van der Waals surface area contributed by atoms with Crippen molar-refractivity contribution in [2.45, 2.75) is 46.1 Å². The summed E-state index contributed by atoms with van der Waals surface area (Å²) in [5, 5.41) is 0. The third-order valence-electron chi connectivity index (χ3n) is 4.08. The predicted molar refractivity (Wildman–Crippen MR) is 101 cm³/mol. The molecule has 2 aromatic rings. The molecule has 0 amide bonds. The van der Waals surface area contributed by atoms with Crippen LogP contribution in [0.1, 0.15) is 39.5 Å². The van der Waals surface area contributed by atoms with Gasteiger partial charge in [0, 0.05) is 18.8 Å². The number of nitrogens with zero attached hydrogens (tertiary/aromatic N) is 2. The number of hydrogen-bond donors (Lipinski definition) is 0. The van der Waals surface area contributed by atoms with Crippen molar-refractivity contribution in [2.75, 3.05) is 6.61 Å². The van der Waals surface area contributed by atoms with E-state index in [1.165, 1.54) is 10.6 Å². The van der Waals surface area contributed by atoms with Gasteiger partial charge in [-0.05, 0) is 31.4 Å². The number of aryl methyl sites for hydroxylation is 1. The number of aromatic nitrogens is 2. The van der Waals surface area contributed by atoms with Crippen LogP contribution < -0.4 is 11.2 Å². The zero-order valence-corrected chi connectivity index (χ0v) is 15.4. The molecule has 1 heterocycles. The van der Waals surface area contributed by atoms with Crippen molar-refractivity contribution >= 4 is 5.97 Å². The van der Waals surface area contributed by atoms with Crippen LogP contribution in [0.3, 0.4) is 0 Å². The minimum atomic E-state index is -0.329. The number of ether oxygens (including phenoxy) is 1. The van der Waals surface area contributed by atoms with Crippen molar-refractivity contribution in [3.8, 4) is 5.69 Å². The molecule has 0 spiro atoms. The quantitative estimate of drug-likeness (QED) is 0.510. The molecule has 1 aromatic heterocycles. The molecule has 6 nitrogen and oxygen atoms in total. The van der Waals surface area contributed by atoms with E-state index in [1.807, 2.05) is 19.9 Å². The van der Waals surface area contributed by atoms with Crippen molar-refractivity contribution < 1.29 is 9.53 Å². The van der Waals surface area contributed by atoms with Gasteiger partial charge in [0.2, 0.25) is 0 Å². The van der Waals surface area contributed by atoms with E-state index in [9.17, 15) is 14.4 Å². The highest BCUT2D eigenvalue weighted by atomic mass is 16.5. The summed E-state index contributed by atoms with van der Waals surface area (Å²) in [6.07, 6.45) is 5.05. The Bertz CT molecular complexity index is 822. The van der Waals surface area contributed by atoms with E-state index in [-0.39, 0.29) is 23.1 Å². The highest BCUT2D eigenvalue weighted by Gasteiger charge is 2.08. The molecular weight excluding hydrogens is 332 g/mol. The summed E-state index contributed by atoms with van der Waals surface area (Å²) in [4.78, 5) is 36.0. The molecule has 140 valence electrons. The molecule has 0 bridgehead atoms. The monoisotopic (exact) mass is 358 g/mol. The SMILES string of the molecule is CC(C)C(=O)OCCCCCCn1ccc(=O)n(-c2ccccc2)c1=O. The minimum absolute atomic E-state index is 0.0952. The van der Waals surface area contributed by atoms with Crippen LogP contribution in [0.2, 0.25) is 0 Å². The second-order valence-corrected chi connectivity index (χ2v) is 6.54. The maximum Gasteiger partial charge on any atom is 0.335 e. The first kappa shape index (κ1) is 19.7. The molecule has 0 saturated carbocycles. The number of carbonyl (C=O) groups excluding carboxylic acids is 1. The molecule has 0 saturated heterocycles. The molecule has 0 radical (unpaired) electrons. The topological polar surface area (TPSA) is 70.3 Å². The number of rotatable bonds is 9. The number of para-hydroxylation sites is 1. The van der Waals surface area contributed by atoms with E-state index in [0.29, 0.717) is 18.8 Å². The molecule has 1 aromatic carbocycles. The van der Waals surface area contributed by atoms with E-state index in [2.05, 4.69) is 0 Å². The number of hydrogen-bond acceptors (Lipinski definition) is 4. The first-order valence-corrected chi connectivity index (χ1v) is 9.05. The highest BCUT2D eigenvalue weighted by molar-refractivity contribution is 5.71. The lowest BCUT2D eigenvalue weighted by Gasteiger charge is -2.10. The van der Waals surface area contributed by atoms with Gasteiger partial charge in [-0.3, -0.25) is 9.59 Å². The summed E-state index contributed by atoms with van der Waals surface area (Å²) in [6.45, 7) is 4.62. The van der Waals surface area contributed by atoms with Crippen LogP contribution in [0.15, 0.2) is 52.2 Å². The molecule has 26 heavy (non-hydrogen) atoms. The number of unbranched alkanes of at least 4 members (excludes halogenated alkanes) is 3. The molecule has 0 aliphatic heterocycles. The van der Waals surface area contributed by atoms with Gasteiger partial charge in [0.15, 0.2) is 0 Å². The molecule has 0 fully saturated rings. The van der Waals surface area contributed by atoms with Gasteiger partial charge in [-0.1, -0.05) is 38.5 Å². The van der Waals surface area contributed by atoms with Crippen LogP contribution in [0, 0.1) is 5.92 Å². The van der Waals surface area contributed by atoms with Crippen LogP contribution in [0.25, 0.3) is 5.69 Å². The fourth-order valence-electron chi connectivity index (χ4n) is 2.58. The fourth-order valence-corrected chi connectivity index (χ4v) is 2.58. The molecule has 0 atom stereocenters. The van der Waals surface area contributed by atoms with E-state index in [4.69, 9.17) is 4.74 Å². The summed E-state index contributed by atoms with van der Waals surface area (Å²) in [7, 11) is 0. The fraction of sp³-hybridized carbons (Fsp3) is 0.450. The largest absolute Gasteiger partial charge is 0.465 e. The smallest absolute Gasteiger partial charge is 0.335 e. The second kappa shape index (κ2) is 9.75. The van der Waals surface area contributed by atoms with Crippen molar-refractivity contribution in [1.29, 1.82) is 0 Å². The molecule has 6 heteroatoms. The Labute approximate surface area is 153 Å². The van der Waals surface area contributed by atoms with Gasteiger partial charge < -0.3 is 9.30 Å². The van der Waals surface area contributed by atoms with Gasteiger partial charge in [0.1, 0.15) is 0 Å². The molecular formula is C20H26N2O4. The standard InChI is InChI=1S/C20H26N2O4/c1-16(2)19(24)26-15-9-4-3-8-13-21-14-12-18(23)22(20(21)25)17-10-6-5-7-11-17/h5-7,10-12,14,16H,3-4,8-9,13,15H2,1-2H3. The lowest BCUT2D eigenvalue weighted by Crippen LogP contribution is -2.37. The Morgan fingerprint density at radius 2 is 1.69 bits per heavy atom. The van der Waals surface area contributed by atoms with Crippen LogP contribution >= 0.6 is 0 Å². The first-order chi connectivity index (χ1) is 12.5. The van der Waals surface area contributed by atoms with E-state index in [0.717, 1.165) is 25.7 Å². The molecule has 2 rings (SSSR count). The van der Waals surface area contributed by atoms with Gasteiger partial charge in [0.25, 0.3) is 5.56 Å². The average Bonchev–Trinajstić information content (AvgIpc) is 2.63. The Hall–Kier alpha value is -2.63. The Morgan fingerprint density at radius 3 is 2.38 bits per heavy atom. The van der Waals surface area contributed by atoms with E-state index in [1.54, 1.807) is 35.0 Å². The summed E-state index contributed by atoms with van der Waals surface area (Å²) < 4.78 is 7.88. The maximum absolute atomic E-state index is 12.6. The highest BCUT2D eigenvalue weighted by Crippen LogP contribution is 2.04. The normalized spacial score (nSPS) is 10.9. The summed E-state index contributed by atoms with van der Waals surface area (Å²) >= 11 is 0. The van der Waals surface area contributed by atoms with Gasteiger partial charge in [-0.2, -0.15) is 0 Å². The van der Waals surface area contributed by atoms with Crippen LogP contribution in [-0.4, -0.2) is 21.7 Å². The van der Waals surface area contributed by atoms with Crippen molar-refractivity contribution in [1.82, 2.24) is 9.13 Å². The maximum atomic E-state index is 12.6. The second-order valence-electron chi connectivity index (χ2n) is 6.54. The summed E-state index contributed by atoms with van der Waals surface area (Å²) in [6, 6.07) is 10.3. The van der Waals surface area contributed by atoms with Gasteiger partial charge in [0.05, 0.1) is 18.2 Å². The van der Waals surface area contributed by atoms with Crippen LogP contribution in [0.4, 0.5) is 0 Å². The zero-order chi connectivity index (χ0) is 18.9. The minimum Gasteiger partial charge on any atom is -0.465 e. The molecule has 0 aliphatic rings. The zero-order valence-electron chi connectivity index (χ0n) is 15.4. The average molecular weight is 358 g/mol. The van der Waals surface area contributed by atoms with Crippen molar-refractivity contribution in [3.05, 3.63) is 63.4 Å². The van der Waals surface area contributed by atoms with Gasteiger partial charge in [-0.25, -0.2) is 9.36 Å². The number of esters is 1. The predicted octanol–water partition coefficient (Wildman–Crippen LogP) is 2.76. The van der Waals surface area contributed by atoms with E-state index < -0.39 is 0 Å². The molecule has 0 aliphatic carbocycles. The van der Waals surface area contributed by atoms with Crippen molar-refractivity contribution in [3.63, 3.8) is 0 Å². The first-order valence-electron chi connectivity index (χ1n) is 9.05. The molecule has 0 unspecified atom stereocenters. The van der Waals surface area contributed by atoms with Crippen molar-refractivity contribution in [2.24, 2.45) is 5.92 Å². The third kappa shape index (κ3) is 5.44. The number of carbonyl (C=O) groups is 1. The Balaban J connectivity index is 1.85. The lowest BCUT2D eigenvalue weighted by molar-refractivity contribution is -0.147. The van der Waals surface area contributed by atoms with E-state index >= 15 is 0 Å². The Morgan fingerprint density at radius 1 is 1.00 bits per heavy atom. The number of benzene rings is 1. The summed E-state index contributed by atoms with van der Waals surface area (Å²) in [5.74, 6) is -0.262. The Kier molecular flexibility index (Phi) is 7.38. The van der Waals surface area contributed by atoms with Gasteiger partial charge in [-0.15, -0.1) is 0 Å². The van der Waals surface area contributed by atoms with Crippen LogP contribution in [-0.2, 0) is 16.1 Å². The van der Waals surface area contributed by atoms with Gasteiger partial charge >= 0.3 is 11.7 Å². The lowest BCUT2D eigenvalue weighted by atomic mass is 10.2. The van der Waals surface area contributed by atoms with Crippen LogP contribution in [0.5, 0.6) is 0 Å². The third-order valence-corrected chi connectivity index (χ3v) is 4.08. The summed E-state index contributed by atoms with van der Waals surface area (Å²) in [5.41, 5.74) is -0.0807. The molecule has 0 N–H and O–H groups in total.